The van der Waals surface area contributed by atoms with Gasteiger partial charge in [-0.25, -0.2) is 0 Å². The highest BCUT2D eigenvalue weighted by molar-refractivity contribution is 6.34. The van der Waals surface area contributed by atoms with Crippen LogP contribution in [0.1, 0.15) is 19.5 Å². The molecule has 1 heterocycles. The lowest BCUT2D eigenvalue weighted by atomic mass is 10.3. The van der Waals surface area contributed by atoms with Gasteiger partial charge < -0.3 is 4.90 Å². The molecule has 5 nitrogen and oxygen atoms in total. The number of hydrogen-bond acceptors (Lipinski definition) is 3. The van der Waals surface area contributed by atoms with Crippen molar-refractivity contribution in [2.75, 3.05) is 7.05 Å². The van der Waals surface area contributed by atoms with Gasteiger partial charge in [-0.1, -0.05) is 0 Å². The smallest absolute Gasteiger partial charge is 0.289 e. The van der Waals surface area contributed by atoms with Crippen molar-refractivity contribution >= 4 is 11.7 Å². The second-order valence-corrected chi connectivity index (χ2v) is 3.36. The van der Waals surface area contributed by atoms with Gasteiger partial charge in [-0.2, -0.15) is 5.10 Å². The Bertz CT molecular complexity index is 370. The van der Waals surface area contributed by atoms with Gasteiger partial charge in [0, 0.05) is 26.7 Å². The molecule has 0 fully saturated rings. The topological polar surface area (TPSA) is 55.2 Å². The zero-order chi connectivity index (χ0) is 11.4. The first-order valence-corrected chi connectivity index (χ1v) is 4.83. The summed E-state index contributed by atoms with van der Waals surface area (Å²) in [4.78, 5) is 23.6. The molecule has 1 rings (SSSR count). The highest BCUT2D eigenvalue weighted by atomic mass is 16.2. The zero-order valence-corrected chi connectivity index (χ0v) is 9.23. The predicted molar refractivity (Wildman–Crippen MR) is 55.1 cm³/mol. The van der Waals surface area contributed by atoms with E-state index in [-0.39, 0.29) is 0 Å². The van der Waals surface area contributed by atoms with Crippen molar-refractivity contribution in [2.45, 2.75) is 26.9 Å². The van der Waals surface area contributed by atoms with E-state index in [0.29, 0.717) is 6.54 Å². The quantitative estimate of drug-likeness (QED) is 0.676. The fourth-order valence-electron chi connectivity index (χ4n) is 1.36. The van der Waals surface area contributed by atoms with Crippen LogP contribution < -0.4 is 0 Å². The van der Waals surface area contributed by atoms with Gasteiger partial charge in [0.2, 0.25) is 5.78 Å². The SMILES string of the molecule is CCn1nccc1CN(C)C(=O)C(C)=O. The largest absolute Gasteiger partial charge is 0.333 e. The Morgan fingerprint density at radius 1 is 1.53 bits per heavy atom. The van der Waals surface area contributed by atoms with Crippen molar-refractivity contribution in [3.63, 3.8) is 0 Å². The molecule has 0 unspecified atom stereocenters. The van der Waals surface area contributed by atoms with Crippen LogP contribution in [0.3, 0.4) is 0 Å². The first-order chi connectivity index (χ1) is 7.06. The lowest BCUT2D eigenvalue weighted by Gasteiger charge is -2.15. The van der Waals surface area contributed by atoms with Gasteiger partial charge in [0.1, 0.15) is 0 Å². The summed E-state index contributed by atoms with van der Waals surface area (Å²) >= 11 is 0. The van der Waals surface area contributed by atoms with Crippen LogP contribution in [-0.4, -0.2) is 33.4 Å². The summed E-state index contributed by atoms with van der Waals surface area (Å²) in [7, 11) is 1.61. The Hall–Kier alpha value is -1.65. The lowest BCUT2D eigenvalue weighted by Crippen LogP contribution is -2.32. The van der Waals surface area contributed by atoms with E-state index in [2.05, 4.69) is 5.10 Å². The molecule has 5 heteroatoms. The minimum atomic E-state index is -0.473. The summed E-state index contributed by atoms with van der Waals surface area (Å²) in [6, 6.07) is 1.84. The van der Waals surface area contributed by atoms with Crippen LogP contribution in [0.4, 0.5) is 0 Å². The maximum absolute atomic E-state index is 11.3. The lowest BCUT2D eigenvalue weighted by molar-refractivity contribution is -0.143. The van der Waals surface area contributed by atoms with Gasteiger partial charge in [0.15, 0.2) is 0 Å². The fraction of sp³-hybridized carbons (Fsp3) is 0.500. The van der Waals surface area contributed by atoms with Crippen LogP contribution in [0, 0.1) is 0 Å². The van der Waals surface area contributed by atoms with Gasteiger partial charge in [-0.05, 0) is 13.0 Å². The summed E-state index contributed by atoms with van der Waals surface area (Å²) in [6.45, 7) is 4.41. The first kappa shape index (κ1) is 11.4. The minimum Gasteiger partial charge on any atom is -0.333 e. The van der Waals surface area contributed by atoms with Crippen LogP contribution in [0.2, 0.25) is 0 Å². The molecule has 1 amide bonds. The number of carbonyl (C=O) groups excluding carboxylic acids is 2. The van der Waals surface area contributed by atoms with Gasteiger partial charge in [-0.3, -0.25) is 14.3 Å². The number of hydrogen-bond donors (Lipinski definition) is 0. The van der Waals surface area contributed by atoms with Gasteiger partial charge in [0.05, 0.1) is 12.2 Å². The van der Waals surface area contributed by atoms with Crippen LogP contribution in [0.5, 0.6) is 0 Å². The van der Waals surface area contributed by atoms with E-state index in [0.717, 1.165) is 12.2 Å². The summed E-state index contributed by atoms with van der Waals surface area (Å²) in [6.07, 6.45) is 1.69. The van der Waals surface area contributed by atoms with Crippen LogP contribution >= 0.6 is 0 Å². The maximum atomic E-state index is 11.3. The Labute approximate surface area is 88.7 Å². The molecule has 15 heavy (non-hydrogen) atoms. The molecule has 82 valence electrons. The third-order valence-electron chi connectivity index (χ3n) is 2.15. The summed E-state index contributed by atoms with van der Waals surface area (Å²) in [5.41, 5.74) is 0.926. The monoisotopic (exact) mass is 209 g/mol. The van der Waals surface area contributed by atoms with Crippen molar-refractivity contribution in [1.29, 1.82) is 0 Å². The normalized spacial score (nSPS) is 10.1. The average molecular weight is 209 g/mol. The third kappa shape index (κ3) is 2.65. The minimum absolute atomic E-state index is 0.409. The number of aryl methyl sites for hydroxylation is 1. The molecule has 0 aromatic carbocycles. The first-order valence-electron chi connectivity index (χ1n) is 4.83. The van der Waals surface area contributed by atoms with Crippen LogP contribution in [-0.2, 0) is 22.7 Å². The Balaban J connectivity index is 2.70. The van der Waals surface area contributed by atoms with Crippen molar-refractivity contribution in [3.8, 4) is 0 Å². The van der Waals surface area contributed by atoms with Crippen LogP contribution in [0.15, 0.2) is 12.3 Å². The van der Waals surface area contributed by atoms with E-state index in [4.69, 9.17) is 0 Å². The summed E-state index contributed by atoms with van der Waals surface area (Å²) < 4.78 is 1.80. The zero-order valence-electron chi connectivity index (χ0n) is 9.23. The molecule has 0 N–H and O–H groups in total. The van der Waals surface area contributed by atoms with Gasteiger partial charge in [-0.15, -0.1) is 0 Å². The number of Topliss-reactive ketones (excluding diaryl/α,β-unsaturated/α-hetero) is 1. The molecule has 0 saturated heterocycles. The van der Waals surface area contributed by atoms with Crippen LogP contribution in [0.25, 0.3) is 0 Å². The number of rotatable bonds is 4. The Morgan fingerprint density at radius 3 is 2.73 bits per heavy atom. The van der Waals surface area contributed by atoms with Crippen molar-refractivity contribution in [3.05, 3.63) is 18.0 Å². The summed E-state index contributed by atoms with van der Waals surface area (Å²) in [5, 5.41) is 4.09. The highest BCUT2D eigenvalue weighted by Gasteiger charge is 2.15. The van der Waals surface area contributed by atoms with E-state index in [1.54, 1.807) is 17.9 Å². The van der Waals surface area contributed by atoms with Gasteiger partial charge in [0.25, 0.3) is 5.91 Å². The second kappa shape index (κ2) is 4.72. The van der Waals surface area contributed by atoms with E-state index >= 15 is 0 Å². The van der Waals surface area contributed by atoms with E-state index in [1.165, 1.54) is 11.8 Å². The molecule has 1 aromatic heterocycles. The molecule has 0 atom stereocenters. The summed E-state index contributed by atoms with van der Waals surface area (Å²) in [5.74, 6) is -0.918. The molecule has 0 aliphatic heterocycles. The van der Waals surface area contributed by atoms with E-state index < -0.39 is 11.7 Å². The fourth-order valence-corrected chi connectivity index (χ4v) is 1.36. The van der Waals surface area contributed by atoms with Gasteiger partial charge >= 0.3 is 0 Å². The van der Waals surface area contributed by atoms with E-state index in [1.807, 2.05) is 13.0 Å². The number of carbonyl (C=O) groups is 2. The number of nitrogens with zero attached hydrogens (tertiary/aromatic N) is 3. The molecule has 0 saturated carbocycles. The number of amides is 1. The molecule has 0 spiro atoms. The van der Waals surface area contributed by atoms with Crippen molar-refractivity contribution in [2.24, 2.45) is 0 Å². The second-order valence-electron chi connectivity index (χ2n) is 3.36. The molecular formula is C10H15N3O2. The number of aromatic nitrogens is 2. The molecule has 1 aromatic rings. The highest BCUT2D eigenvalue weighted by Crippen LogP contribution is 2.03. The van der Waals surface area contributed by atoms with E-state index in [9.17, 15) is 9.59 Å². The Morgan fingerprint density at radius 2 is 2.20 bits per heavy atom. The predicted octanol–water partition coefficient (Wildman–Crippen LogP) is 0.450. The maximum Gasteiger partial charge on any atom is 0.289 e. The molecular weight excluding hydrogens is 194 g/mol. The average Bonchev–Trinajstić information content (AvgIpc) is 2.63. The number of ketones is 1. The molecule has 0 aliphatic rings. The number of likely N-dealkylation sites (N-methyl/N-ethyl adjacent to an activating group) is 1. The Kier molecular flexibility index (Phi) is 3.60. The van der Waals surface area contributed by atoms with Crippen molar-refractivity contribution in [1.82, 2.24) is 14.7 Å². The molecule has 0 bridgehead atoms. The molecule has 0 radical (unpaired) electrons. The van der Waals surface area contributed by atoms with Crippen molar-refractivity contribution < 1.29 is 9.59 Å². The standard InChI is InChI=1S/C10H15N3O2/c1-4-13-9(5-6-11-13)7-12(3)10(15)8(2)14/h5-6H,4,7H2,1-3H3. The third-order valence-corrected chi connectivity index (χ3v) is 2.15. The molecule has 0 aliphatic carbocycles.